The van der Waals surface area contributed by atoms with Gasteiger partial charge in [0.05, 0.1) is 56.3 Å². The molecular formula is C64H70N14O19S5. The molecule has 1 aromatic carbocycles. The summed E-state index contributed by atoms with van der Waals surface area (Å²) in [6, 6.07) is 0.723. The van der Waals surface area contributed by atoms with Gasteiger partial charge in [0.25, 0.3) is 23.6 Å². The van der Waals surface area contributed by atoms with Crippen molar-refractivity contribution >= 4 is 115 Å². The third-order valence-electron chi connectivity index (χ3n) is 17.3. The van der Waals surface area contributed by atoms with E-state index in [1.54, 1.807) is 55.3 Å². The molecule has 1 fully saturated rings. The quantitative estimate of drug-likeness (QED) is 0.0423. The van der Waals surface area contributed by atoms with Crippen molar-refractivity contribution in [2.75, 3.05) is 67.2 Å². The number of benzene rings is 1. The van der Waals surface area contributed by atoms with Crippen LogP contribution in [0.2, 0.25) is 0 Å². The van der Waals surface area contributed by atoms with Crippen LogP contribution in [0.5, 0.6) is 5.75 Å². The highest BCUT2D eigenvalue weighted by Gasteiger charge is 2.50. The van der Waals surface area contributed by atoms with E-state index in [4.69, 9.17) is 43.4 Å². The highest BCUT2D eigenvalue weighted by molar-refractivity contribution is 7.14. The molecular weight excluding hydrogens is 1430 g/mol. The van der Waals surface area contributed by atoms with Crippen molar-refractivity contribution in [2.24, 2.45) is 0 Å². The fraction of sp³-hybridized carbons (Fsp3) is 0.422. The van der Waals surface area contributed by atoms with E-state index in [0.717, 1.165) is 56.7 Å². The molecule has 1 saturated heterocycles. The predicted molar refractivity (Wildman–Crippen MR) is 367 cm³/mol. The van der Waals surface area contributed by atoms with Crippen LogP contribution in [0.25, 0.3) is 49.3 Å². The number of methoxy groups -OCH3 is 1. The molecule has 0 aliphatic carbocycles. The first kappa shape index (κ1) is 72.9. The lowest BCUT2D eigenvalue weighted by Gasteiger charge is -2.48. The van der Waals surface area contributed by atoms with Crippen LogP contribution >= 0.6 is 56.7 Å². The molecule has 12 rings (SSSR count). The Bertz CT molecular complexity index is 4550. The molecule has 0 spiro atoms. The number of carbonyl (C=O) groups excluding carboxylic acids is 7. The summed E-state index contributed by atoms with van der Waals surface area (Å²) < 4.78 is 38.3. The largest absolute Gasteiger partial charge is 0.506 e. The van der Waals surface area contributed by atoms with Crippen molar-refractivity contribution in [2.45, 2.75) is 108 Å². The standard InChI is InChI=1S/C64H70N14O19S5/c1-27(81)43-56(87)74-44(28(2)92-7)59-70-38(26-100-59)55(86)75-47-49-50(97-41-18-64(4,90)51(76(5)6)29(3)96-41)63(89)94-19-30-9-8-10-39-42(30)32(20-93-49)48(78(39)91)62(88)95-21-33(66-53(84)36-25-102-61(47)71-36)58-67-34(22-99-58)45-31(57-68-37(24-98-57)54(85)73-43)17-40(82)46(72-45)60-69-35(23-101-60)52(83)65-11-12-77(13-15-79)14-16-80/h8-10,17,22-27,29,33,41,43,47,49-51,79-82,90-91H,11-16,18-21H2,1-7H3,(H,65,83)(H,66,84)(H,73,85)(H,74,87)(H,75,86)/b44-28-. The summed E-state index contributed by atoms with van der Waals surface area (Å²) >= 11 is 4.61. The van der Waals surface area contributed by atoms with E-state index in [2.05, 4.69) is 41.5 Å². The third-order valence-corrected chi connectivity index (χ3v) is 21.8. The van der Waals surface area contributed by atoms with E-state index < -0.39 is 133 Å². The smallest absolute Gasteiger partial charge is 0.358 e. The zero-order valence-electron chi connectivity index (χ0n) is 55.5. The van der Waals surface area contributed by atoms with Gasteiger partial charge >= 0.3 is 11.9 Å². The van der Waals surface area contributed by atoms with Gasteiger partial charge in [0, 0.05) is 76.0 Å². The van der Waals surface area contributed by atoms with Gasteiger partial charge in [-0.15, -0.1) is 56.7 Å². The van der Waals surface area contributed by atoms with Crippen LogP contribution in [0.3, 0.4) is 0 Å². The number of aromatic nitrogens is 7. The number of nitrogens with zero attached hydrogens (tertiary/aromatic N) is 9. The van der Waals surface area contributed by atoms with Gasteiger partial charge in [0.1, 0.15) is 120 Å². The van der Waals surface area contributed by atoms with Crippen LogP contribution in [0.4, 0.5) is 0 Å². The number of aromatic hydroxyl groups is 1. The lowest BCUT2D eigenvalue weighted by atomic mass is 9.85. The monoisotopic (exact) mass is 1500 g/mol. The van der Waals surface area contributed by atoms with Crippen LogP contribution in [0.1, 0.15) is 125 Å². The van der Waals surface area contributed by atoms with Crippen molar-refractivity contribution in [1.82, 2.24) is 71.0 Å². The molecule has 102 heavy (non-hydrogen) atoms. The van der Waals surface area contributed by atoms with Crippen molar-refractivity contribution in [3.05, 3.63) is 112 Å². The first-order valence-corrected chi connectivity index (χ1v) is 36.2. The van der Waals surface area contributed by atoms with Crippen molar-refractivity contribution < 1.29 is 92.7 Å². The lowest BCUT2D eigenvalue weighted by Crippen LogP contribution is -2.62. The number of aliphatic hydroxyl groups excluding tert-OH is 3. The molecule has 10 atom stereocenters. The summed E-state index contributed by atoms with van der Waals surface area (Å²) in [5.41, 5.74) is -2.46. The summed E-state index contributed by atoms with van der Waals surface area (Å²) in [6.45, 7) is 4.92. The second kappa shape index (κ2) is 30.6. The first-order valence-electron chi connectivity index (χ1n) is 31.8. The summed E-state index contributed by atoms with van der Waals surface area (Å²) in [6.07, 6.45) is -7.54. The summed E-state index contributed by atoms with van der Waals surface area (Å²) in [5.74, 6) is -6.88. The number of ether oxygens (including phenoxy) is 6. The van der Waals surface area contributed by atoms with Crippen LogP contribution in [0, 0.1) is 0 Å². The number of hydrogen-bond donors (Lipinski definition) is 11. The molecule has 4 aliphatic rings. The summed E-state index contributed by atoms with van der Waals surface area (Å²) in [5, 5.41) is 87.5. The van der Waals surface area contributed by atoms with Crippen LogP contribution in [-0.2, 0) is 51.2 Å². The van der Waals surface area contributed by atoms with Crippen molar-refractivity contribution in [3.63, 3.8) is 0 Å². The molecule has 4 aliphatic heterocycles. The van der Waals surface area contributed by atoms with Gasteiger partial charge in [-0.25, -0.2) is 39.5 Å². The number of cyclic esters (lactones) is 2. The molecule has 38 heteroatoms. The Kier molecular flexibility index (Phi) is 21.9. The van der Waals surface area contributed by atoms with E-state index in [0.29, 0.717) is 16.8 Å². The molecule has 0 saturated carbocycles. The fourth-order valence-corrected chi connectivity index (χ4v) is 16.7. The SMILES string of the molecule is CO/C(C)=C1\NC(=O)C(C(C)O)NC(=O)c2csc(n2)-c2cc(O)c(-c3nc(C(=O)NCCN(CCO)CCO)cs3)nc2-c2csc(n2)C2COC(=O)c3c4c5c(cccc5n3O)COC(=O)C(OC3CC(C)(O)C(N(C)C)C(C)O3)C(OC4)C(NC(=O)c3csc1n3)c1nc(cs1)C(=O)N2. The molecule has 7 aromatic heterocycles. The molecule has 11 N–H and O–H groups in total. The number of carbonyl (C=O) groups is 7. The number of allylic oxidation sites excluding steroid dienone is 1. The van der Waals surface area contributed by atoms with Crippen LogP contribution in [-0.4, -0.2) is 232 Å². The number of nitrogens with one attached hydrogen (secondary N) is 5. The van der Waals surface area contributed by atoms with E-state index >= 15 is 19.2 Å². The second-order valence-corrected chi connectivity index (χ2v) is 28.9. The van der Waals surface area contributed by atoms with E-state index in [1.807, 2.05) is 0 Å². The average Bonchev–Trinajstić information content (AvgIpc) is 1.55. The molecule has 10 unspecified atom stereocenters. The van der Waals surface area contributed by atoms with Gasteiger partial charge in [-0.1, -0.05) is 12.1 Å². The Balaban J connectivity index is 1.01. The van der Waals surface area contributed by atoms with E-state index in [9.17, 15) is 45.1 Å². The van der Waals surface area contributed by atoms with Gasteiger partial charge in [0.15, 0.2) is 18.1 Å². The minimum absolute atomic E-state index is 0.00816. The lowest BCUT2D eigenvalue weighted by molar-refractivity contribution is -0.280. The van der Waals surface area contributed by atoms with Gasteiger partial charge in [-0.2, -0.15) is 4.73 Å². The number of amides is 5. The Morgan fingerprint density at radius 1 is 0.824 bits per heavy atom. The van der Waals surface area contributed by atoms with Crippen LogP contribution < -0.4 is 26.6 Å². The highest BCUT2D eigenvalue weighted by Crippen LogP contribution is 2.43. The topological polar surface area (TPSA) is 445 Å². The Hall–Kier alpha value is -8.87. The average molecular weight is 1500 g/mol. The zero-order valence-corrected chi connectivity index (χ0v) is 59.6. The molecule has 8 aromatic rings. The molecule has 540 valence electrons. The molecule has 0 radical (unpaired) electrons. The second-order valence-electron chi connectivity index (χ2n) is 24.6. The predicted octanol–water partition coefficient (Wildman–Crippen LogP) is 3.18. The number of esters is 2. The molecule has 11 heterocycles. The minimum Gasteiger partial charge on any atom is -0.506 e. The Morgan fingerprint density at radius 3 is 2.21 bits per heavy atom. The van der Waals surface area contributed by atoms with Gasteiger partial charge in [-0.05, 0) is 59.5 Å². The number of thiazole rings is 5. The number of fused-ring (bicyclic) bond motifs is 15. The maximum atomic E-state index is 15.2. The van der Waals surface area contributed by atoms with Gasteiger partial charge < -0.3 is 90.6 Å². The Morgan fingerprint density at radius 2 is 1.49 bits per heavy atom. The summed E-state index contributed by atoms with van der Waals surface area (Å²) in [4.78, 5) is 135. The fourth-order valence-electron chi connectivity index (χ4n) is 12.5. The number of likely N-dealkylation sites (N-methyl/N-ethyl adjacent to an activating group) is 1. The zero-order chi connectivity index (χ0) is 72.6. The van der Waals surface area contributed by atoms with Crippen molar-refractivity contribution in [1.29, 1.82) is 0 Å². The van der Waals surface area contributed by atoms with Gasteiger partial charge in [0.2, 0.25) is 5.91 Å². The third kappa shape index (κ3) is 15.0. The van der Waals surface area contributed by atoms with E-state index in [1.165, 1.54) is 54.6 Å². The summed E-state index contributed by atoms with van der Waals surface area (Å²) in [7, 11) is 4.85. The van der Waals surface area contributed by atoms with Crippen molar-refractivity contribution in [3.8, 4) is 38.4 Å². The molecule has 33 nitrogen and oxygen atoms in total. The first-order chi connectivity index (χ1) is 48.8. The number of hydrogen-bond acceptors (Lipinski definition) is 32. The maximum Gasteiger partial charge on any atom is 0.358 e. The minimum atomic E-state index is -1.92. The van der Waals surface area contributed by atoms with E-state index in [-0.39, 0.29) is 138 Å². The highest BCUT2D eigenvalue weighted by atomic mass is 32.1. The molecule has 5 amide bonds. The molecule has 12 bridgehead atoms. The number of pyridine rings is 1. The van der Waals surface area contributed by atoms with Gasteiger partial charge in [-0.3, -0.25) is 28.9 Å². The normalized spacial score (nSPS) is 23.7. The Labute approximate surface area is 600 Å². The number of aliphatic hydroxyl groups is 4. The maximum absolute atomic E-state index is 15.2. The van der Waals surface area contributed by atoms with Crippen LogP contribution in [0.15, 0.2) is 56.9 Å². The number of rotatable bonds is 14.